The lowest BCUT2D eigenvalue weighted by Crippen LogP contribution is -2.34. The second-order valence-electron chi connectivity index (χ2n) is 7.61. The number of fused-ring (bicyclic) bond motifs is 1. The van der Waals surface area contributed by atoms with Gasteiger partial charge in [0.05, 0.1) is 0 Å². The van der Waals surface area contributed by atoms with Crippen LogP contribution in [-0.4, -0.2) is 47.0 Å². The summed E-state index contributed by atoms with van der Waals surface area (Å²) in [5.74, 6) is 0.317. The van der Waals surface area contributed by atoms with Crippen LogP contribution in [0.4, 0.5) is 4.39 Å². The van der Waals surface area contributed by atoms with Gasteiger partial charge >= 0.3 is 0 Å². The van der Waals surface area contributed by atoms with Crippen LogP contribution in [0.1, 0.15) is 28.9 Å². The first-order valence-corrected chi connectivity index (χ1v) is 9.43. The minimum Gasteiger partial charge on any atom is -0.338 e. The summed E-state index contributed by atoms with van der Waals surface area (Å²) in [4.78, 5) is 29.1. The van der Waals surface area contributed by atoms with Gasteiger partial charge in [-0.25, -0.2) is 4.39 Å². The normalized spacial score (nSPS) is 25.0. The SMILES string of the molecule is CCn1ccc(C(=O)N2C[C@@H]3CN(C)[C@@H](c4cccc(F)c4)[C@@H]3C2)cc1=O. The lowest BCUT2D eigenvalue weighted by atomic mass is 9.89. The first kappa shape index (κ1) is 17.9. The molecule has 5 nitrogen and oxygen atoms in total. The molecule has 0 saturated carbocycles. The summed E-state index contributed by atoms with van der Waals surface area (Å²) in [6.45, 7) is 4.67. The van der Waals surface area contributed by atoms with Gasteiger partial charge in [0, 0.05) is 56.0 Å². The number of aryl methyl sites for hydroxylation is 1. The number of rotatable bonds is 3. The van der Waals surface area contributed by atoms with Gasteiger partial charge in [0.2, 0.25) is 0 Å². The monoisotopic (exact) mass is 369 g/mol. The summed E-state index contributed by atoms with van der Waals surface area (Å²) in [5.41, 5.74) is 1.25. The van der Waals surface area contributed by atoms with Crippen LogP contribution in [0.3, 0.4) is 0 Å². The Morgan fingerprint density at radius 2 is 2.00 bits per heavy atom. The van der Waals surface area contributed by atoms with Gasteiger partial charge in [0.25, 0.3) is 11.5 Å². The van der Waals surface area contributed by atoms with E-state index in [-0.39, 0.29) is 29.2 Å². The molecule has 3 heterocycles. The molecule has 2 aliphatic rings. The van der Waals surface area contributed by atoms with Gasteiger partial charge in [-0.15, -0.1) is 0 Å². The van der Waals surface area contributed by atoms with Crippen LogP contribution in [0, 0.1) is 17.7 Å². The Morgan fingerprint density at radius 3 is 2.70 bits per heavy atom. The highest BCUT2D eigenvalue weighted by atomic mass is 19.1. The van der Waals surface area contributed by atoms with Gasteiger partial charge in [0.15, 0.2) is 0 Å². The molecule has 0 N–H and O–H groups in total. The van der Waals surface area contributed by atoms with E-state index in [9.17, 15) is 14.0 Å². The molecule has 27 heavy (non-hydrogen) atoms. The van der Waals surface area contributed by atoms with Crippen molar-refractivity contribution >= 4 is 5.91 Å². The third-order valence-corrected chi connectivity index (χ3v) is 5.96. The maximum absolute atomic E-state index is 13.7. The maximum atomic E-state index is 13.7. The average molecular weight is 369 g/mol. The zero-order chi connectivity index (χ0) is 19.1. The molecular weight excluding hydrogens is 345 g/mol. The number of nitrogens with zero attached hydrogens (tertiary/aromatic N) is 3. The third-order valence-electron chi connectivity index (χ3n) is 5.96. The number of carbonyl (C=O) groups excluding carboxylic acids is 1. The van der Waals surface area contributed by atoms with Crippen molar-refractivity contribution in [3.8, 4) is 0 Å². The zero-order valence-corrected chi connectivity index (χ0v) is 15.6. The van der Waals surface area contributed by atoms with E-state index in [2.05, 4.69) is 11.9 Å². The van der Waals surface area contributed by atoms with Crippen LogP contribution < -0.4 is 5.56 Å². The van der Waals surface area contributed by atoms with Crippen LogP contribution in [-0.2, 0) is 6.54 Å². The van der Waals surface area contributed by atoms with Gasteiger partial charge in [-0.2, -0.15) is 0 Å². The molecule has 4 rings (SSSR count). The Balaban J connectivity index is 1.55. The Hall–Kier alpha value is -2.47. The van der Waals surface area contributed by atoms with E-state index < -0.39 is 0 Å². The Bertz CT molecular complexity index is 926. The van der Waals surface area contributed by atoms with Crippen LogP contribution >= 0.6 is 0 Å². The first-order chi connectivity index (χ1) is 13.0. The fraction of sp³-hybridized carbons (Fsp3) is 0.429. The van der Waals surface area contributed by atoms with Crippen molar-refractivity contribution in [3.63, 3.8) is 0 Å². The van der Waals surface area contributed by atoms with E-state index in [1.807, 2.05) is 17.9 Å². The predicted octanol–water partition coefficient (Wildman–Crippen LogP) is 2.38. The molecule has 1 amide bonds. The molecule has 1 aromatic heterocycles. The summed E-state index contributed by atoms with van der Waals surface area (Å²) in [5, 5.41) is 0. The van der Waals surface area contributed by atoms with Gasteiger partial charge < -0.3 is 9.47 Å². The summed E-state index contributed by atoms with van der Waals surface area (Å²) >= 11 is 0. The molecule has 0 bridgehead atoms. The lowest BCUT2D eigenvalue weighted by molar-refractivity contribution is 0.0767. The molecule has 6 heteroatoms. The van der Waals surface area contributed by atoms with Gasteiger partial charge in [-0.05, 0) is 43.7 Å². The van der Waals surface area contributed by atoms with E-state index in [1.54, 1.807) is 29.0 Å². The number of carbonyl (C=O) groups is 1. The zero-order valence-electron chi connectivity index (χ0n) is 15.6. The van der Waals surface area contributed by atoms with E-state index in [0.29, 0.717) is 31.1 Å². The summed E-state index contributed by atoms with van der Waals surface area (Å²) in [6.07, 6.45) is 1.68. The number of benzene rings is 1. The van der Waals surface area contributed by atoms with Crippen molar-refractivity contribution in [2.45, 2.75) is 19.5 Å². The molecule has 3 atom stereocenters. The molecule has 0 spiro atoms. The highest BCUT2D eigenvalue weighted by Crippen LogP contribution is 2.44. The van der Waals surface area contributed by atoms with Crippen molar-refractivity contribution in [1.29, 1.82) is 0 Å². The highest BCUT2D eigenvalue weighted by molar-refractivity contribution is 5.94. The van der Waals surface area contributed by atoms with Crippen LogP contribution in [0.15, 0.2) is 47.4 Å². The van der Waals surface area contributed by atoms with Crippen molar-refractivity contribution in [2.75, 3.05) is 26.7 Å². The maximum Gasteiger partial charge on any atom is 0.254 e. The smallest absolute Gasteiger partial charge is 0.254 e. The van der Waals surface area contributed by atoms with Gasteiger partial charge in [-0.3, -0.25) is 14.5 Å². The minimum absolute atomic E-state index is 0.0922. The number of aromatic nitrogens is 1. The number of pyridine rings is 1. The number of amides is 1. The summed E-state index contributed by atoms with van der Waals surface area (Å²) in [6, 6.07) is 10.0. The fourth-order valence-electron chi connectivity index (χ4n) is 4.70. The molecular formula is C21H24FN3O2. The summed E-state index contributed by atoms with van der Waals surface area (Å²) in [7, 11) is 2.06. The van der Waals surface area contributed by atoms with Crippen LogP contribution in [0.5, 0.6) is 0 Å². The fourth-order valence-corrected chi connectivity index (χ4v) is 4.70. The second-order valence-corrected chi connectivity index (χ2v) is 7.61. The lowest BCUT2D eigenvalue weighted by Gasteiger charge is -2.27. The number of likely N-dealkylation sites (tertiary alicyclic amines) is 2. The Labute approximate surface area is 158 Å². The Morgan fingerprint density at radius 1 is 1.19 bits per heavy atom. The minimum atomic E-state index is -0.230. The van der Waals surface area contributed by atoms with Crippen molar-refractivity contribution in [2.24, 2.45) is 11.8 Å². The quantitative estimate of drug-likeness (QED) is 0.835. The number of halogens is 1. The first-order valence-electron chi connectivity index (χ1n) is 9.43. The van der Waals surface area contributed by atoms with Crippen LogP contribution in [0.2, 0.25) is 0 Å². The topological polar surface area (TPSA) is 45.6 Å². The summed E-state index contributed by atoms with van der Waals surface area (Å²) < 4.78 is 15.3. The molecule has 0 aliphatic carbocycles. The molecule has 0 unspecified atom stereocenters. The molecule has 142 valence electrons. The van der Waals surface area contributed by atoms with Gasteiger partial charge in [0.1, 0.15) is 5.82 Å². The van der Waals surface area contributed by atoms with E-state index in [0.717, 1.165) is 12.1 Å². The largest absolute Gasteiger partial charge is 0.338 e. The Kier molecular flexibility index (Phi) is 4.60. The molecule has 2 aliphatic heterocycles. The standard InChI is InChI=1S/C21H24FN3O2/c1-3-24-8-7-15(10-19(24)26)21(27)25-12-16-11-23(2)20(18(16)13-25)14-5-4-6-17(22)9-14/h4-10,16,18,20H,3,11-13H2,1-2H3/t16-,18+,20-/m0/s1. The number of hydrogen-bond acceptors (Lipinski definition) is 3. The number of hydrogen-bond donors (Lipinski definition) is 0. The third kappa shape index (κ3) is 3.18. The second kappa shape index (κ2) is 6.93. The van der Waals surface area contributed by atoms with Crippen LogP contribution in [0.25, 0.3) is 0 Å². The highest BCUT2D eigenvalue weighted by Gasteiger charge is 2.47. The molecule has 0 radical (unpaired) electrons. The molecule has 1 aromatic carbocycles. The van der Waals surface area contributed by atoms with Gasteiger partial charge in [-0.1, -0.05) is 12.1 Å². The average Bonchev–Trinajstić information content (AvgIpc) is 3.17. The van der Waals surface area contributed by atoms with Crippen molar-refractivity contribution in [3.05, 3.63) is 69.9 Å². The predicted molar refractivity (Wildman–Crippen MR) is 101 cm³/mol. The van der Waals surface area contributed by atoms with Crippen molar-refractivity contribution in [1.82, 2.24) is 14.4 Å². The van der Waals surface area contributed by atoms with E-state index in [4.69, 9.17) is 0 Å². The van der Waals surface area contributed by atoms with Crippen molar-refractivity contribution < 1.29 is 9.18 Å². The molecule has 2 fully saturated rings. The van der Waals surface area contributed by atoms with E-state index in [1.165, 1.54) is 12.1 Å². The molecule has 2 aromatic rings. The molecule has 2 saturated heterocycles. The van der Waals surface area contributed by atoms with E-state index >= 15 is 0 Å².